The molecule has 2 aromatic carbocycles. The molecule has 0 aliphatic rings. The summed E-state index contributed by atoms with van der Waals surface area (Å²) in [5, 5.41) is 14.7. The number of nitrogens with one attached hydrogen (secondary N) is 2. The molecule has 0 spiro atoms. The first kappa shape index (κ1) is 28.0. The monoisotopic (exact) mass is 526 g/mol. The maximum absolute atomic E-state index is 13.0. The molecule has 11 heteroatoms. The molecular formula is C27H30N2O9. The van der Waals surface area contributed by atoms with Gasteiger partial charge in [-0.25, -0.2) is 4.79 Å². The van der Waals surface area contributed by atoms with E-state index in [1.54, 1.807) is 43.3 Å². The Morgan fingerprint density at radius 1 is 0.974 bits per heavy atom. The Bertz CT molecular complexity index is 1400. The molecule has 0 saturated carbocycles. The third kappa shape index (κ3) is 6.81. The number of fused-ring (bicyclic) bond motifs is 1. The number of carbonyl (C=O) groups excluding carboxylic acids is 2. The van der Waals surface area contributed by atoms with Crippen LogP contribution in [0.25, 0.3) is 11.0 Å². The van der Waals surface area contributed by atoms with Gasteiger partial charge < -0.3 is 34.4 Å². The highest BCUT2D eigenvalue weighted by atomic mass is 16.5. The Hall–Kier alpha value is -4.54. The number of benzene rings is 2. The Morgan fingerprint density at radius 3 is 2.37 bits per heavy atom. The van der Waals surface area contributed by atoms with Crippen molar-refractivity contribution in [1.82, 2.24) is 10.6 Å². The summed E-state index contributed by atoms with van der Waals surface area (Å²) < 4.78 is 21.2. The number of ether oxygens (including phenoxy) is 3. The summed E-state index contributed by atoms with van der Waals surface area (Å²) >= 11 is 0. The lowest BCUT2D eigenvalue weighted by Crippen LogP contribution is -2.35. The van der Waals surface area contributed by atoms with Crippen LogP contribution < -0.4 is 30.5 Å². The molecule has 38 heavy (non-hydrogen) atoms. The smallest absolute Gasteiger partial charge is 0.339 e. The summed E-state index contributed by atoms with van der Waals surface area (Å²) in [6.45, 7) is 1.24. The van der Waals surface area contributed by atoms with Crippen molar-refractivity contribution in [3.05, 3.63) is 63.5 Å². The second-order valence-electron chi connectivity index (χ2n) is 8.46. The number of rotatable bonds is 12. The van der Waals surface area contributed by atoms with Crippen molar-refractivity contribution in [1.29, 1.82) is 0 Å². The average molecular weight is 527 g/mol. The van der Waals surface area contributed by atoms with Crippen molar-refractivity contribution in [3.8, 4) is 17.2 Å². The normalized spacial score (nSPS) is 11.5. The number of hydrogen-bond acceptors (Lipinski definition) is 8. The largest absolute Gasteiger partial charge is 0.497 e. The van der Waals surface area contributed by atoms with E-state index in [9.17, 15) is 19.2 Å². The van der Waals surface area contributed by atoms with Gasteiger partial charge in [-0.2, -0.15) is 0 Å². The summed E-state index contributed by atoms with van der Waals surface area (Å²) in [4.78, 5) is 48.8. The lowest BCUT2D eigenvalue weighted by Gasteiger charge is -2.20. The summed E-state index contributed by atoms with van der Waals surface area (Å²) in [6.07, 6.45) is -0.146. The second-order valence-corrected chi connectivity index (χ2v) is 8.46. The standard InChI is InChI=1S/C27H30N2O9/c1-15-18-7-6-17(35-2)12-22(18)38-27(34)19(15)8-10-24(30)29-20(13-25(31)28-14-26(32)33)16-5-9-21(36-3)23(11-16)37-4/h5-7,9,11-12,20H,8,10,13-14H2,1-4H3,(H,28,31)(H,29,30)(H,32,33). The van der Waals surface area contributed by atoms with Gasteiger partial charge in [-0.05, 0) is 48.7 Å². The first-order chi connectivity index (χ1) is 18.2. The molecule has 0 saturated heterocycles. The second kappa shape index (κ2) is 12.6. The number of amides is 2. The minimum atomic E-state index is -1.19. The van der Waals surface area contributed by atoms with E-state index in [1.807, 2.05) is 0 Å². The lowest BCUT2D eigenvalue weighted by molar-refractivity contribution is -0.138. The number of methoxy groups -OCH3 is 3. The van der Waals surface area contributed by atoms with Gasteiger partial charge in [0, 0.05) is 23.4 Å². The Balaban J connectivity index is 1.80. The molecule has 0 aliphatic carbocycles. The first-order valence-corrected chi connectivity index (χ1v) is 11.8. The maximum Gasteiger partial charge on any atom is 0.339 e. The van der Waals surface area contributed by atoms with E-state index in [1.165, 1.54) is 21.3 Å². The topological polar surface area (TPSA) is 153 Å². The van der Waals surface area contributed by atoms with E-state index in [4.69, 9.17) is 23.7 Å². The van der Waals surface area contributed by atoms with Gasteiger partial charge in [-0.1, -0.05) is 6.07 Å². The summed E-state index contributed by atoms with van der Waals surface area (Å²) in [5.74, 6) is -0.740. The van der Waals surface area contributed by atoms with Crippen LogP contribution in [-0.2, 0) is 20.8 Å². The third-order valence-electron chi connectivity index (χ3n) is 6.07. The number of aliphatic carboxylic acids is 1. The van der Waals surface area contributed by atoms with E-state index in [0.29, 0.717) is 39.5 Å². The molecule has 3 aromatic rings. The van der Waals surface area contributed by atoms with Gasteiger partial charge in [0.2, 0.25) is 11.8 Å². The lowest BCUT2D eigenvalue weighted by atomic mass is 10.0. The van der Waals surface area contributed by atoms with Gasteiger partial charge in [0.1, 0.15) is 17.9 Å². The molecule has 1 heterocycles. The van der Waals surface area contributed by atoms with Crippen molar-refractivity contribution >= 4 is 28.8 Å². The van der Waals surface area contributed by atoms with Gasteiger partial charge in [-0.15, -0.1) is 0 Å². The van der Waals surface area contributed by atoms with Gasteiger partial charge in [-0.3, -0.25) is 14.4 Å². The predicted molar refractivity (Wildman–Crippen MR) is 138 cm³/mol. The summed E-state index contributed by atoms with van der Waals surface area (Å²) in [5.41, 5.74) is 1.48. The van der Waals surface area contributed by atoms with E-state index < -0.39 is 36.0 Å². The quantitative estimate of drug-likeness (QED) is 0.302. The Morgan fingerprint density at radius 2 is 1.71 bits per heavy atom. The van der Waals surface area contributed by atoms with Gasteiger partial charge in [0.25, 0.3) is 0 Å². The van der Waals surface area contributed by atoms with Crippen LogP contribution in [-0.4, -0.2) is 50.8 Å². The zero-order valence-corrected chi connectivity index (χ0v) is 21.6. The Kier molecular flexibility index (Phi) is 9.31. The van der Waals surface area contributed by atoms with Crippen LogP contribution in [0.1, 0.15) is 35.6 Å². The summed E-state index contributed by atoms with van der Waals surface area (Å²) in [6, 6.07) is 9.33. The number of carbonyl (C=O) groups is 3. The fourth-order valence-corrected chi connectivity index (χ4v) is 4.05. The van der Waals surface area contributed by atoms with Crippen molar-refractivity contribution in [2.24, 2.45) is 0 Å². The molecule has 1 unspecified atom stereocenters. The van der Waals surface area contributed by atoms with Crippen molar-refractivity contribution in [2.75, 3.05) is 27.9 Å². The molecule has 11 nitrogen and oxygen atoms in total. The minimum absolute atomic E-state index is 0.0478. The van der Waals surface area contributed by atoms with Crippen LogP contribution in [0.5, 0.6) is 17.2 Å². The molecule has 0 radical (unpaired) electrons. The minimum Gasteiger partial charge on any atom is -0.497 e. The molecule has 0 fully saturated rings. The predicted octanol–water partition coefficient (Wildman–Crippen LogP) is 2.51. The van der Waals surface area contributed by atoms with Crippen LogP contribution in [0.4, 0.5) is 0 Å². The van der Waals surface area contributed by atoms with Crippen LogP contribution >= 0.6 is 0 Å². The van der Waals surface area contributed by atoms with E-state index in [-0.39, 0.29) is 19.3 Å². The van der Waals surface area contributed by atoms with Crippen LogP contribution in [0.3, 0.4) is 0 Å². The molecule has 3 N–H and O–H groups in total. The van der Waals surface area contributed by atoms with E-state index in [2.05, 4.69) is 10.6 Å². The van der Waals surface area contributed by atoms with Crippen LogP contribution in [0.2, 0.25) is 0 Å². The molecule has 0 bridgehead atoms. The number of carboxylic acid groups (broad SMARTS) is 1. The van der Waals surface area contributed by atoms with Crippen LogP contribution in [0.15, 0.2) is 45.6 Å². The highest BCUT2D eigenvalue weighted by Gasteiger charge is 2.21. The first-order valence-electron chi connectivity index (χ1n) is 11.8. The fourth-order valence-electron chi connectivity index (χ4n) is 4.05. The van der Waals surface area contributed by atoms with Gasteiger partial charge in [0.15, 0.2) is 11.5 Å². The third-order valence-corrected chi connectivity index (χ3v) is 6.07. The van der Waals surface area contributed by atoms with Gasteiger partial charge >= 0.3 is 11.6 Å². The van der Waals surface area contributed by atoms with Crippen molar-refractivity contribution in [3.63, 3.8) is 0 Å². The maximum atomic E-state index is 13.0. The average Bonchev–Trinajstić information content (AvgIpc) is 2.90. The zero-order valence-electron chi connectivity index (χ0n) is 21.6. The molecule has 3 rings (SSSR count). The highest BCUT2D eigenvalue weighted by Crippen LogP contribution is 2.31. The van der Waals surface area contributed by atoms with E-state index >= 15 is 0 Å². The molecule has 1 atom stereocenters. The van der Waals surface area contributed by atoms with Crippen molar-refractivity contribution in [2.45, 2.75) is 32.2 Å². The van der Waals surface area contributed by atoms with Crippen LogP contribution in [0, 0.1) is 6.92 Å². The zero-order chi connectivity index (χ0) is 27.8. The number of hydrogen-bond donors (Lipinski definition) is 3. The molecule has 0 aliphatic heterocycles. The number of carboxylic acids is 1. The molecular weight excluding hydrogens is 496 g/mol. The molecule has 2 amide bonds. The Labute approximate surface area is 218 Å². The van der Waals surface area contributed by atoms with Crippen molar-refractivity contribution < 1.29 is 38.1 Å². The molecule has 202 valence electrons. The fraction of sp³-hybridized carbons (Fsp3) is 0.333. The SMILES string of the molecule is COc1ccc2c(C)c(CCC(=O)NC(CC(=O)NCC(=O)O)c3ccc(OC)c(OC)c3)c(=O)oc2c1. The van der Waals surface area contributed by atoms with Gasteiger partial charge in [0.05, 0.1) is 33.8 Å². The summed E-state index contributed by atoms with van der Waals surface area (Å²) in [7, 11) is 4.46. The number of aryl methyl sites for hydroxylation is 1. The van der Waals surface area contributed by atoms with E-state index in [0.717, 1.165) is 5.39 Å². The highest BCUT2D eigenvalue weighted by molar-refractivity contribution is 5.84. The molecule has 1 aromatic heterocycles.